The molecule has 1 unspecified atom stereocenters. The molecule has 1 amide bonds. The number of thiophene rings is 1. The number of rotatable bonds is 5. The van der Waals surface area contributed by atoms with Crippen molar-refractivity contribution in [2.75, 3.05) is 6.54 Å². The van der Waals surface area contributed by atoms with E-state index in [4.69, 9.17) is 10.7 Å². The van der Waals surface area contributed by atoms with Crippen molar-refractivity contribution < 1.29 is 4.79 Å². The van der Waals surface area contributed by atoms with E-state index in [2.05, 4.69) is 10.4 Å². The van der Waals surface area contributed by atoms with Gasteiger partial charge >= 0.3 is 0 Å². The maximum absolute atomic E-state index is 12.7. The molecule has 24 heavy (non-hydrogen) atoms. The van der Waals surface area contributed by atoms with Crippen LogP contribution >= 0.6 is 11.3 Å². The first-order chi connectivity index (χ1) is 11.5. The molecule has 3 N–H and O–H groups in total. The lowest BCUT2D eigenvalue weighted by atomic mass is 10.1. The number of pyridine rings is 1. The third kappa shape index (κ3) is 3.18. The fraction of sp³-hybridized carbons (Fsp3) is 0.353. The van der Waals surface area contributed by atoms with Gasteiger partial charge in [0.2, 0.25) is 0 Å². The quantitative estimate of drug-likeness (QED) is 0.745. The Labute approximate surface area is 144 Å². The smallest absolute Gasteiger partial charge is 0.252 e. The van der Waals surface area contributed by atoms with Crippen LogP contribution in [-0.2, 0) is 7.05 Å². The number of aryl methyl sites for hydroxylation is 2. The number of fused-ring (bicyclic) bond motifs is 1. The molecule has 3 aromatic rings. The van der Waals surface area contributed by atoms with Crippen molar-refractivity contribution in [1.29, 1.82) is 0 Å². The molecule has 0 bridgehead atoms. The summed E-state index contributed by atoms with van der Waals surface area (Å²) in [6.45, 7) is 4.37. The molecular formula is C17H21N5OS. The average Bonchev–Trinajstić information content (AvgIpc) is 3.15. The summed E-state index contributed by atoms with van der Waals surface area (Å²) in [7, 11) is 1.85. The second-order valence-corrected chi connectivity index (χ2v) is 6.91. The lowest BCUT2D eigenvalue weighted by Gasteiger charge is -2.10. The summed E-state index contributed by atoms with van der Waals surface area (Å²) in [5.41, 5.74) is 8.67. The Balaban J connectivity index is 2.05. The van der Waals surface area contributed by atoms with Gasteiger partial charge in [-0.2, -0.15) is 5.10 Å². The van der Waals surface area contributed by atoms with Gasteiger partial charge < -0.3 is 11.1 Å². The maximum Gasteiger partial charge on any atom is 0.252 e. The predicted octanol–water partition coefficient (Wildman–Crippen LogP) is 2.47. The van der Waals surface area contributed by atoms with Crippen LogP contribution in [0.25, 0.3) is 21.6 Å². The summed E-state index contributed by atoms with van der Waals surface area (Å²) < 4.78 is 1.72. The summed E-state index contributed by atoms with van der Waals surface area (Å²) in [6, 6.07) is 5.89. The van der Waals surface area contributed by atoms with Gasteiger partial charge in [-0.15, -0.1) is 11.3 Å². The first-order valence-corrected chi connectivity index (χ1v) is 8.77. The van der Waals surface area contributed by atoms with E-state index in [1.165, 1.54) is 0 Å². The minimum atomic E-state index is -0.114. The Kier molecular flexibility index (Phi) is 4.64. The van der Waals surface area contributed by atoms with Crippen LogP contribution < -0.4 is 11.1 Å². The van der Waals surface area contributed by atoms with Crippen LogP contribution in [0.15, 0.2) is 23.6 Å². The highest BCUT2D eigenvalue weighted by Crippen LogP contribution is 2.29. The van der Waals surface area contributed by atoms with E-state index in [1.54, 1.807) is 16.0 Å². The van der Waals surface area contributed by atoms with E-state index in [9.17, 15) is 4.79 Å². The molecular weight excluding hydrogens is 322 g/mol. The molecule has 126 valence electrons. The highest BCUT2D eigenvalue weighted by Gasteiger charge is 2.19. The number of aromatic nitrogens is 3. The number of hydrogen-bond donors (Lipinski definition) is 2. The molecule has 0 aliphatic rings. The first kappa shape index (κ1) is 16.6. The Bertz CT molecular complexity index is 867. The Morgan fingerprint density at radius 1 is 1.50 bits per heavy atom. The number of carbonyl (C=O) groups excluding carboxylic acids is 1. The molecule has 7 heteroatoms. The number of hydrogen-bond acceptors (Lipinski definition) is 5. The molecule has 0 saturated carbocycles. The number of nitrogens with one attached hydrogen (secondary N) is 1. The zero-order valence-electron chi connectivity index (χ0n) is 14.0. The van der Waals surface area contributed by atoms with Gasteiger partial charge in [0.05, 0.1) is 27.2 Å². The van der Waals surface area contributed by atoms with E-state index in [1.807, 2.05) is 44.5 Å². The molecule has 0 aliphatic carbocycles. The largest absolute Gasteiger partial charge is 0.352 e. The molecule has 0 aliphatic heterocycles. The van der Waals surface area contributed by atoms with Gasteiger partial charge in [-0.05, 0) is 37.8 Å². The minimum Gasteiger partial charge on any atom is -0.352 e. The fourth-order valence-corrected chi connectivity index (χ4v) is 3.37. The summed E-state index contributed by atoms with van der Waals surface area (Å²) in [6.07, 6.45) is 0.740. The van der Waals surface area contributed by atoms with Gasteiger partial charge in [-0.1, -0.05) is 6.07 Å². The van der Waals surface area contributed by atoms with E-state index in [-0.39, 0.29) is 11.9 Å². The van der Waals surface area contributed by atoms with Crippen molar-refractivity contribution in [2.24, 2.45) is 12.8 Å². The third-order valence-electron chi connectivity index (χ3n) is 3.87. The van der Waals surface area contributed by atoms with E-state index in [0.717, 1.165) is 33.7 Å². The highest BCUT2D eigenvalue weighted by atomic mass is 32.1. The molecule has 0 aromatic carbocycles. The van der Waals surface area contributed by atoms with Gasteiger partial charge in [0.15, 0.2) is 5.65 Å². The summed E-state index contributed by atoms with van der Waals surface area (Å²) in [4.78, 5) is 18.4. The second kappa shape index (κ2) is 6.70. The third-order valence-corrected chi connectivity index (χ3v) is 4.76. The topological polar surface area (TPSA) is 85.8 Å². The first-order valence-electron chi connectivity index (χ1n) is 7.89. The van der Waals surface area contributed by atoms with Gasteiger partial charge in [-0.25, -0.2) is 4.98 Å². The van der Waals surface area contributed by atoms with Crippen LogP contribution in [0.2, 0.25) is 0 Å². The van der Waals surface area contributed by atoms with Crippen LogP contribution in [-0.4, -0.2) is 33.3 Å². The normalized spacial score (nSPS) is 12.5. The maximum atomic E-state index is 12.7. The van der Waals surface area contributed by atoms with E-state index in [0.29, 0.717) is 12.1 Å². The van der Waals surface area contributed by atoms with Gasteiger partial charge in [-0.3, -0.25) is 9.48 Å². The van der Waals surface area contributed by atoms with E-state index < -0.39 is 0 Å². The Hall–Kier alpha value is -2.25. The lowest BCUT2D eigenvalue weighted by molar-refractivity contribution is 0.0954. The van der Waals surface area contributed by atoms with E-state index >= 15 is 0 Å². The minimum absolute atomic E-state index is 0.0598. The van der Waals surface area contributed by atoms with Crippen LogP contribution in [0, 0.1) is 6.92 Å². The SMILES string of the molecule is Cc1nn(C)c2nc(-c3cccs3)cc(C(=O)NCCC(C)N)c12. The Morgan fingerprint density at radius 3 is 2.96 bits per heavy atom. The van der Waals surface area contributed by atoms with Crippen LogP contribution in [0.1, 0.15) is 29.4 Å². The molecule has 0 spiro atoms. The number of amides is 1. The summed E-state index contributed by atoms with van der Waals surface area (Å²) in [5, 5.41) is 10.2. The fourth-order valence-electron chi connectivity index (χ4n) is 2.68. The van der Waals surface area contributed by atoms with Crippen LogP contribution in [0.3, 0.4) is 0 Å². The van der Waals surface area contributed by atoms with Crippen molar-refractivity contribution in [2.45, 2.75) is 26.3 Å². The van der Waals surface area contributed by atoms with Crippen LogP contribution in [0.4, 0.5) is 0 Å². The molecule has 0 fully saturated rings. The number of nitrogens with zero attached hydrogens (tertiary/aromatic N) is 3. The predicted molar refractivity (Wildman–Crippen MR) is 97.2 cm³/mol. The molecule has 3 aromatic heterocycles. The number of carbonyl (C=O) groups is 1. The van der Waals surface area contributed by atoms with Gasteiger partial charge in [0, 0.05) is 19.6 Å². The highest BCUT2D eigenvalue weighted by molar-refractivity contribution is 7.13. The van der Waals surface area contributed by atoms with Gasteiger partial charge in [0.1, 0.15) is 0 Å². The molecule has 1 atom stereocenters. The zero-order chi connectivity index (χ0) is 17.3. The van der Waals surface area contributed by atoms with Crippen molar-refractivity contribution in [1.82, 2.24) is 20.1 Å². The lowest BCUT2D eigenvalue weighted by Crippen LogP contribution is -2.29. The standard InChI is InChI=1S/C17H21N5OS/c1-10(18)6-7-19-17(23)12-9-13(14-5-4-8-24-14)20-16-15(12)11(2)21-22(16)3/h4-5,8-10H,6-7,18H2,1-3H3,(H,19,23). The van der Waals surface area contributed by atoms with Gasteiger partial charge in [0.25, 0.3) is 5.91 Å². The van der Waals surface area contributed by atoms with Crippen molar-refractivity contribution in [3.05, 3.63) is 34.8 Å². The van der Waals surface area contributed by atoms with Crippen molar-refractivity contribution >= 4 is 28.3 Å². The second-order valence-electron chi connectivity index (χ2n) is 5.96. The van der Waals surface area contributed by atoms with Crippen molar-refractivity contribution in [3.8, 4) is 10.6 Å². The summed E-state index contributed by atoms with van der Waals surface area (Å²) >= 11 is 1.60. The molecule has 0 radical (unpaired) electrons. The molecule has 3 heterocycles. The monoisotopic (exact) mass is 343 g/mol. The van der Waals surface area contributed by atoms with Crippen LogP contribution in [0.5, 0.6) is 0 Å². The average molecular weight is 343 g/mol. The Morgan fingerprint density at radius 2 is 2.29 bits per heavy atom. The summed E-state index contributed by atoms with van der Waals surface area (Å²) in [5.74, 6) is -0.114. The molecule has 3 rings (SSSR count). The zero-order valence-corrected chi connectivity index (χ0v) is 14.9. The van der Waals surface area contributed by atoms with Crippen molar-refractivity contribution in [3.63, 3.8) is 0 Å². The number of nitrogens with two attached hydrogens (primary N) is 1. The molecule has 0 saturated heterocycles. The molecule has 6 nitrogen and oxygen atoms in total.